The smallest absolute Gasteiger partial charge is 0.280 e. The number of nitrogens with one attached hydrogen (secondary N) is 1. The molecule has 0 radical (unpaired) electrons. The number of hydrogen-bond donors (Lipinski definition) is 1. The molecule has 0 aliphatic rings. The monoisotopic (exact) mass is 326 g/mol. The van der Waals surface area contributed by atoms with E-state index in [1.54, 1.807) is 30.5 Å². The van der Waals surface area contributed by atoms with Gasteiger partial charge < -0.3 is 0 Å². The predicted octanol–water partition coefficient (Wildman–Crippen LogP) is 3.52. The van der Waals surface area contributed by atoms with E-state index in [0.29, 0.717) is 23.3 Å². The zero-order valence-electron chi connectivity index (χ0n) is 12.6. The molecule has 0 bridgehead atoms. The highest BCUT2D eigenvalue weighted by atomic mass is 35.5. The van der Waals surface area contributed by atoms with E-state index >= 15 is 0 Å². The lowest BCUT2D eigenvalue weighted by atomic mass is 10.1. The lowest BCUT2D eigenvalue weighted by Gasteiger charge is -2.05. The molecule has 0 aliphatic heterocycles. The lowest BCUT2D eigenvalue weighted by Crippen LogP contribution is -2.14. The van der Waals surface area contributed by atoms with E-state index in [1.807, 2.05) is 6.92 Å². The SMILES string of the molecule is Cc1ncc2c(=O)n(-c3ccc(Cl)cc3)[nH]c2c1CCCC#N. The van der Waals surface area contributed by atoms with Crippen LogP contribution < -0.4 is 5.56 Å². The number of pyridine rings is 1. The highest BCUT2D eigenvalue weighted by molar-refractivity contribution is 6.30. The van der Waals surface area contributed by atoms with Gasteiger partial charge in [-0.1, -0.05) is 11.6 Å². The molecule has 0 aliphatic carbocycles. The number of rotatable bonds is 4. The minimum Gasteiger partial charge on any atom is -0.290 e. The van der Waals surface area contributed by atoms with Gasteiger partial charge in [0.15, 0.2) is 0 Å². The third kappa shape index (κ3) is 2.86. The molecule has 2 heterocycles. The second kappa shape index (κ2) is 6.27. The van der Waals surface area contributed by atoms with Gasteiger partial charge in [-0.05, 0) is 49.6 Å². The second-order valence-electron chi connectivity index (χ2n) is 5.35. The van der Waals surface area contributed by atoms with Crippen LogP contribution in [0.4, 0.5) is 0 Å². The minimum atomic E-state index is -0.142. The van der Waals surface area contributed by atoms with Gasteiger partial charge in [-0.3, -0.25) is 14.9 Å². The Morgan fingerprint density at radius 2 is 2.09 bits per heavy atom. The molecule has 0 unspecified atom stereocenters. The maximum atomic E-state index is 12.6. The molecule has 3 rings (SSSR count). The van der Waals surface area contributed by atoms with Crippen molar-refractivity contribution < 1.29 is 0 Å². The van der Waals surface area contributed by atoms with Crippen LogP contribution in [-0.2, 0) is 6.42 Å². The molecule has 0 amide bonds. The van der Waals surface area contributed by atoms with Crippen LogP contribution in [0.5, 0.6) is 0 Å². The van der Waals surface area contributed by atoms with Crippen molar-refractivity contribution in [1.82, 2.24) is 14.8 Å². The number of fused-ring (bicyclic) bond motifs is 1. The molecule has 0 saturated carbocycles. The Labute approximate surface area is 138 Å². The van der Waals surface area contributed by atoms with E-state index in [0.717, 1.165) is 28.9 Å². The molecule has 3 aromatic rings. The van der Waals surface area contributed by atoms with E-state index in [1.165, 1.54) is 4.68 Å². The molecule has 0 spiro atoms. The topological polar surface area (TPSA) is 74.5 Å². The van der Waals surface area contributed by atoms with Gasteiger partial charge in [0.25, 0.3) is 5.56 Å². The molecular formula is C17H15ClN4O. The van der Waals surface area contributed by atoms with Crippen molar-refractivity contribution in [3.05, 3.63) is 57.1 Å². The first kappa shape index (κ1) is 15.3. The highest BCUT2D eigenvalue weighted by Gasteiger charge is 2.14. The summed E-state index contributed by atoms with van der Waals surface area (Å²) in [4.78, 5) is 16.9. The number of halogens is 1. The van der Waals surface area contributed by atoms with E-state index in [9.17, 15) is 4.79 Å². The summed E-state index contributed by atoms with van der Waals surface area (Å²) < 4.78 is 1.50. The van der Waals surface area contributed by atoms with Crippen LogP contribution in [0.2, 0.25) is 5.02 Å². The van der Waals surface area contributed by atoms with Crippen molar-refractivity contribution in [3.8, 4) is 11.8 Å². The normalized spacial score (nSPS) is 10.8. The van der Waals surface area contributed by atoms with E-state index < -0.39 is 0 Å². The average molecular weight is 327 g/mol. The summed E-state index contributed by atoms with van der Waals surface area (Å²) in [7, 11) is 0. The molecule has 23 heavy (non-hydrogen) atoms. The molecular weight excluding hydrogens is 312 g/mol. The number of nitrogens with zero attached hydrogens (tertiary/aromatic N) is 3. The van der Waals surface area contributed by atoms with Crippen molar-refractivity contribution in [2.24, 2.45) is 0 Å². The molecule has 6 heteroatoms. The van der Waals surface area contributed by atoms with Gasteiger partial charge in [0.1, 0.15) is 0 Å². The van der Waals surface area contributed by atoms with Crippen molar-refractivity contribution in [3.63, 3.8) is 0 Å². The number of aromatic nitrogens is 3. The van der Waals surface area contributed by atoms with E-state index in [-0.39, 0.29) is 5.56 Å². The summed E-state index contributed by atoms with van der Waals surface area (Å²) in [5.74, 6) is 0. The molecule has 0 atom stereocenters. The fraction of sp³-hybridized carbons (Fsp3) is 0.235. The van der Waals surface area contributed by atoms with Crippen LogP contribution >= 0.6 is 11.6 Å². The van der Waals surface area contributed by atoms with Crippen molar-refractivity contribution in [2.45, 2.75) is 26.2 Å². The third-order valence-electron chi connectivity index (χ3n) is 3.85. The van der Waals surface area contributed by atoms with Gasteiger partial charge in [0.05, 0.1) is 22.7 Å². The number of aryl methyl sites for hydroxylation is 2. The molecule has 1 N–H and O–H groups in total. The van der Waals surface area contributed by atoms with Gasteiger partial charge in [-0.2, -0.15) is 5.26 Å². The predicted molar refractivity (Wildman–Crippen MR) is 90.0 cm³/mol. The fourth-order valence-electron chi connectivity index (χ4n) is 2.64. The summed E-state index contributed by atoms with van der Waals surface area (Å²) >= 11 is 5.90. The van der Waals surface area contributed by atoms with E-state index in [2.05, 4.69) is 16.2 Å². The lowest BCUT2D eigenvalue weighted by molar-refractivity contribution is 0.830. The van der Waals surface area contributed by atoms with Crippen molar-refractivity contribution in [1.29, 1.82) is 5.26 Å². The first-order valence-electron chi connectivity index (χ1n) is 7.34. The first-order chi connectivity index (χ1) is 11.1. The summed E-state index contributed by atoms with van der Waals surface area (Å²) in [6, 6.07) is 9.20. The number of nitriles is 1. The Morgan fingerprint density at radius 1 is 1.35 bits per heavy atom. The van der Waals surface area contributed by atoms with Gasteiger partial charge in [0, 0.05) is 23.3 Å². The van der Waals surface area contributed by atoms with Gasteiger partial charge in [0.2, 0.25) is 0 Å². The van der Waals surface area contributed by atoms with Gasteiger partial charge >= 0.3 is 0 Å². The summed E-state index contributed by atoms with van der Waals surface area (Å²) in [5, 5.41) is 13.1. The number of aromatic amines is 1. The van der Waals surface area contributed by atoms with E-state index in [4.69, 9.17) is 16.9 Å². The van der Waals surface area contributed by atoms with Crippen molar-refractivity contribution >= 4 is 22.5 Å². The Balaban J connectivity index is 2.14. The largest absolute Gasteiger partial charge is 0.290 e. The zero-order valence-corrected chi connectivity index (χ0v) is 13.4. The average Bonchev–Trinajstić information content (AvgIpc) is 2.88. The Bertz CT molecular complexity index is 948. The molecule has 1 aromatic carbocycles. The van der Waals surface area contributed by atoms with Crippen LogP contribution in [0.15, 0.2) is 35.3 Å². The van der Waals surface area contributed by atoms with Gasteiger partial charge in [-0.15, -0.1) is 0 Å². The number of benzene rings is 1. The van der Waals surface area contributed by atoms with Crippen LogP contribution in [0.1, 0.15) is 24.1 Å². The zero-order chi connectivity index (χ0) is 16.4. The second-order valence-corrected chi connectivity index (χ2v) is 5.79. The summed E-state index contributed by atoms with van der Waals surface area (Å²) in [6.07, 6.45) is 3.54. The molecule has 0 fully saturated rings. The fourth-order valence-corrected chi connectivity index (χ4v) is 2.77. The van der Waals surface area contributed by atoms with Crippen LogP contribution in [0.3, 0.4) is 0 Å². The minimum absolute atomic E-state index is 0.142. The standard InChI is InChI=1S/C17H15ClN4O/c1-11-14(4-2-3-9-19)16-15(10-20-11)17(23)22(21-16)13-7-5-12(18)6-8-13/h5-8,10,21H,2-4H2,1H3. The number of H-pyrrole nitrogens is 1. The third-order valence-corrected chi connectivity index (χ3v) is 4.10. The maximum Gasteiger partial charge on any atom is 0.280 e. The molecule has 0 saturated heterocycles. The number of hydrogen-bond acceptors (Lipinski definition) is 3. The molecule has 5 nitrogen and oxygen atoms in total. The summed E-state index contributed by atoms with van der Waals surface area (Å²) in [6.45, 7) is 1.92. The van der Waals surface area contributed by atoms with Crippen molar-refractivity contribution in [2.75, 3.05) is 0 Å². The van der Waals surface area contributed by atoms with Crippen LogP contribution in [0.25, 0.3) is 16.6 Å². The van der Waals surface area contributed by atoms with Crippen LogP contribution in [0, 0.1) is 18.3 Å². The quantitative estimate of drug-likeness (QED) is 0.745. The Hall–Kier alpha value is -2.58. The van der Waals surface area contributed by atoms with Gasteiger partial charge in [-0.25, -0.2) is 4.68 Å². The highest BCUT2D eigenvalue weighted by Crippen LogP contribution is 2.20. The Kier molecular flexibility index (Phi) is 4.18. The maximum absolute atomic E-state index is 12.6. The van der Waals surface area contributed by atoms with Crippen LogP contribution in [-0.4, -0.2) is 14.8 Å². The Morgan fingerprint density at radius 3 is 2.78 bits per heavy atom. The molecule has 2 aromatic heterocycles. The summed E-state index contributed by atoms with van der Waals surface area (Å²) in [5.41, 5.74) is 3.23. The molecule has 116 valence electrons. The first-order valence-corrected chi connectivity index (χ1v) is 7.71. The number of unbranched alkanes of at least 4 members (excludes halogenated alkanes) is 1.